The largest absolute Gasteiger partial charge is 0.507 e. The molecule has 2 aromatic carbocycles. The van der Waals surface area contributed by atoms with Crippen molar-refractivity contribution in [1.29, 1.82) is 0 Å². The summed E-state index contributed by atoms with van der Waals surface area (Å²) in [5, 5.41) is 19.6. The molecular weight excluding hydrogens is 220 g/mol. The van der Waals surface area contributed by atoms with Crippen molar-refractivity contribution < 1.29 is 10.2 Å². The lowest BCUT2D eigenvalue weighted by Gasteiger charge is -2.08. The molecule has 0 saturated carbocycles. The van der Waals surface area contributed by atoms with E-state index in [-0.39, 0.29) is 11.5 Å². The van der Waals surface area contributed by atoms with Gasteiger partial charge in [0, 0.05) is 4.90 Å². The van der Waals surface area contributed by atoms with Crippen LogP contribution < -0.4 is 0 Å². The van der Waals surface area contributed by atoms with E-state index in [1.165, 1.54) is 11.8 Å². The molecule has 0 aliphatic carbocycles. The minimum absolute atomic E-state index is 0.108. The molecule has 2 rings (SSSR count). The van der Waals surface area contributed by atoms with Crippen LogP contribution >= 0.6 is 11.8 Å². The Morgan fingerprint density at radius 2 is 1.62 bits per heavy atom. The average molecular weight is 232 g/mol. The van der Waals surface area contributed by atoms with E-state index >= 15 is 0 Å². The fourth-order valence-corrected chi connectivity index (χ4v) is 2.33. The smallest absolute Gasteiger partial charge is 0.136 e. The highest BCUT2D eigenvalue weighted by molar-refractivity contribution is 7.99. The zero-order valence-corrected chi connectivity index (χ0v) is 9.66. The van der Waals surface area contributed by atoms with Crippen molar-refractivity contribution in [3.8, 4) is 11.5 Å². The van der Waals surface area contributed by atoms with Gasteiger partial charge in [-0.3, -0.25) is 0 Å². The first-order chi connectivity index (χ1) is 7.68. The van der Waals surface area contributed by atoms with E-state index in [0.717, 1.165) is 10.5 Å². The molecule has 2 aromatic rings. The summed E-state index contributed by atoms with van der Waals surface area (Å²) in [6, 6.07) is 12.9. The predicted octanol–water partition coefficient (Wildman–Crippen LogP) is 3.56. The standard InChI is InChI=1S/C13H12O2S/c1-9-7-8-11(14)13(12(9)15)16-10-5-3-2-4-6-10/h2-8,14-15H,1H3. The van der Waals surface area contributed by atoms with Crippen LogP contribution in [0.5, 0.6) is 11.5 Å². The lowest BCUT2D eigenvalue weighted by Crippen LogP contribution is -1.81. The first-order valence-electron chi connectivity index (χ1n) is 4.93. The van der Waals surface area contributed by atoms with E-state index in [4.69, 9.17) is 0 Å². The molecular formula is C13H12O2S. The third-order valence-electron chi connectivity index (χ3n) is 2.28. The Labute approximate surface area is 98.6 Å². The third kappa shape index (κ3) is 2.14. The van der Waals surface area contributed by atoms with Crippen LogP contribution in [-0.4, -0.2) is 10.2 Å². The maximum atomic E-state index is 9.86. The van der Waals surface area contributed by atoms with E-state index in [9.17, 15) is 10.2 Å². The molecule has 0 fully saturated rings. The van der Waals surface area contributed by atoms with Gasteiger partial charge in [-0.1, -0.05) is 36.0 Å². The second-order valence-electron chi connectivity index (χ2n) is 3.49. The van der Waals surface area contributed by atoms with Crippen molar-refractivity contribution in [2.75, 3.05) is 0 Å². The Balaban J connectivity index is 2.38. The molecule has 0 unspecified atom stereocenters. The number of phenolic OH excluding ortho intramolecular Hbond substituents is 2. The maximum absolute atomic E-state index is 9.86. The number of aryl methyl sites for hydroxylation is 1. The summed E-state index contributed by atoms with van der Waals surface area (Å²) in [6.45, 7) is 1.81. The number of hydrogen-bond donors (Lipinski definition) is 2. The fraction of sp³-hybridized carbons (Fsp3) is 0.0769. The number of hydrogen-bond acceptors (Lipinski definition) is 3. The number of phenols is 2. The van der Waals surface area contributed by atoms with Crippen molar-refractivity contribution >= 4 is 11.8 Å². The number of rotatable bonds is 2. The molecule has 0 atom stereocenters. The molecule has 0 saturated heterocycles. The lowest BCUT2D eigenvalue weighted by atomic mass is 10.2. The maximum Gasteiger partial charge on any atom is 0.136 e. The van der Waals surface area contributed by atoms with Crippen LogP contribution in [0.4, 0.5) is 0 Å². The summed E-state index contributed by atoms with van der Waals surface area (Å²) >= 11 is 1.35. The van der Waals surface area contributed by atoms with E-state index in [2.05, 4.69) is 0 Å². The van der Waals surface area contributed by atoms with Crippen molar-refractivity contribution in [2.24, 2.45) is 0 Å². The van der Waals surface area contributed by atoms with E-state index in [1.54, 1.807) is 12.1 Å². The van der Waals surface area contributed by atoms with Crippen molar-refractivity contribution in [3.05, 3.63) is 48.0 Å². The molecule has 0 amide bonds. The van der Waals surface area contributed by atoms with E-state index in [0.29, 0.717) is 4.90 Å². The molecule has 0 heterocycles. The average Bonchev–Trinajstić information content (AvgIpc) is 2.31. The predicted molar refractivity (Wildman–Crippen MR) is 65.1 cm³/mol. The summed E-state index contributed by atoms with van der Waals surface area (Å²) in [5.74, 6) is 0.255. The zero-order valence-electron chi connectivity index (χ0n) is 8.84. The molecule has 0 aliphatic heterocycles. The number of aromatic hydroxyl groups is 2. The van der Waals surface area contributed by atoms with Gasteiger partial charge < -0.3 is 10.2 Å². The quantitative estimate of drug-likeness (QED) is 0.831. The highest BCUT2D eigenvalue weighted by atomic mass is 32.2. The highest BCUT2D eigenvalue weighted by Crippen LogP contribution is 2.42. The monoisotopic (exact) mass is 232 g/mol. The summed E-state index contributed by atoms with van der Waals surface area (Å²) in [5.41, 5.74) is 0.760. The van der Waals surface area contributed by atoms with E-state index < -0.39 is 0 Å². The Kier molecular flexibility index (Phi) is 3.06. The van der Waals surface area contributed by atoms with Crippen molar-refractivity contribution in [3.63, 3.8) is 0 Å². The first-order valence-corrected chi connectivity index (χ1v) is 5.74. The Hall–Kier alpha value is -1.61. The SMILES string of the molecule is Cc1ccc(O)c(Sc2ccccc2)c1O. The highest BCUT2D eigenvalue weighted by Gasteiger charge is 2.11. The van der Waals surface area contributed by atoms with Crippen LogP contribution in [0.25, 0.3) is 0 Å². The normalized spacial score (nSPS) is 10.3. The first kappa shape index (κ1) is 10.9. The Morgan fingerprint density at radius 3 is 2.31 bits per heavy atom. The molecule has 0 aromatic heterocycles. The van der Waals surface area contributed by atoms with Gasteiger partial charge in [-0.2, -0.15) is 0 Å². The Bertz CT molecular complexity index is 495. The summed E-state index contributed by atoms with van der Waals surface area (Å²) in [6.07, 6.45) is 0. The van der Waals surface area contributed by atoms with Crippen LogP contribution in [0.3, 0.4) is 0 Å². The van der Waals surface area contributed by atoms with Crippen molar-refractivity contribution in [2.45, 2.75) is 16.7 Å². The van der Waals surface area contributed by atoms with Gasteiger partial charge in [0.25, 0.3) is 0 Å². The molecule has 16 heavy (non-hydrogen) atoms. The van der Waals surface area contributed by atoms with Gasteiger partial charge in [0.05, 0.1) is 4.90 Å². The van der Waals surface area contributed by atoms with E-state index in [1.807, 2.05) is 37.3 Å². The molecule has 0 bridgehead atoms. The van der Waals surface area contributed by atoms with Gasteiger partial charge in [-0.25, -0.2) is 0 Å². The Morgan fingerprint density at radius 1 is 0.938 bits per heavy atom. The lowest BCUT2D eigenvalue weighted by molar-refractivity contribution is 0.425. The second kappa shape index (κ2) is 4.49. The molecule has 3 heteroatoms. The van der Waals surface area contributed by atoms with Gasteiger partial charge in [-0.15, -0.1) is 0 Å². The third-order valence-corrected chi connectivity index (χ3v) is 3.39. The molecule has 2 nitrogen and oxygen atoms in total. The zero-order chi connectivity index (χ0) is 11.5. The summed E-state index contributed by atoms with van der Waals surface area (Å²) < 4.78 is 0. The van der Waals surface area contributed by atoms with Gasteiger partial charge in [0.1, 0.15) is 11.5 Å². The van der Waals surface area contributed by atoms with Gasteiger partial charge in [0.2, 0.25) is 0 Å². The fourth-order valence-electron chi connectivity index (χ4n) is 1.37. The topological polar surface area (TPSA) is 40.5 Å². The van der Waals surface area contributed by atoms with Crippen LogP contribution in [0.15, 0.2) is 52.3 Å². The van der Waals surface area contributed by atoms with Gasteiger partial charge in [-0.05, 0) is 30.7 Å². The molecule has 82 valence electrons. The van der Waals surface area contributed by atoms with Crippen LogP contribution in [0, 0.1) is 6.92 Å². The van der Waals surface area contributed by atoms with Gasteiger partial charge in [0.15, 0.2) is 0 Å². The minimum atomic E-state index is 0.108. The second-order valence-corrected chi connectivity index (χ2v) is 4.58. The van der Waals surface area contributed by atoms with Crippen LogP contribution in [-0.2, 0) is 0 Å². The van der Waals surface area contributed by atoms with Crippen molar-refractivity contribution in [1.82, 2.24) is 0 Å². The van der Waals surface area contributed by atoms with Gasteiger partial charge >= 0.3 is 0 Å². The summed E-state index contributed by atoms with van der Waals surface area (Å²) in [4.78, 5) is 1.49. The molecule has 0 aliphatic rings. The number of benzene rings is 2. The minimum Gasteiger partial charge on any atom is -0.507 e. The summed E-state index contributed by atoms with van der Waals surface area (Å²) in [7, 11) is 0. The van der Waals surface area contributed by atoms with Crippen LogP contribution in [0.1, 0.15) is 5.56 Å². The molecule has 0 spiro atoms. The molecule has 0 radical (unpaired) electrons. The molecule has 2 N–H and O–H groups in total. The van der Waals surface area contributed by atoms with Crippen LogP contribution in [0.2, 0.25) is 0 Å².